The lowest BCUT2D eigenvalue weighted by Crippen LogP contribution is -2.35. The van der Waals surface area contributed by atoms with Crippen LogP contribution in [0.15, 0.2) is 24.3 Å². The summed E-state index contributed by atoms with van der Waals surface area (Å²) in [6, 6.07) is 8.24. The molecule has 0 atom stereocenters. The highest BCUT2D eigenvalue weighted by Gasteiger charge is 2.02. The molecule has 0 saturated heterocycles. The van der Waals surface area contributed by atoms with Crippen LogP contribution in [0.1, 0.15) is 25.0 Å². The van der Waals surface area contributed by atoms with Gasteiger partial charge >= 0.3 is 0 Å². The van der Waals surface area contributed by atoms with Gasteiger partial charge in [0.15, 0.2) is 0 Å². The van der Waals surface area contributed by atoms with Crippen molar-refractivity contribution in [3.63, 3.8) is 0 Å². The maximum atomic E-state index is 11.3. The normalized spacial score (nSPS) is 10.5. The maximum absolute atomic E-state index is 11.3. The van der Waals surface area contributed by atoms with Gasteiger partial charge < -0.3 is 0 Å². The Bertz CT molecular complexity index is 330. The lowest BCUT2D eigenvalue weighted by Gasteiger charge is -2.06. The first-order valence-corrected chi connectivity index (χ1v) is 5.65. The average Bonchev–Trinajstić information content (AvgIpc) is 2.20. The van der Waals surface area contributed by atoms with E-state index < -0.39 is 0 Å². The van der Waals surface area contributed by atoms with Gasteiger partial charge in [-0.05, 0) is 23.5 Å². The molecular weight excluding hydrogens is 200 g/mol. The molecule has 0 aliphatic carbocycles. The summed E-state index contributed by atoms with van der Waals surface area (Å²) in [4.78, 5) is 11.3. The van der Waals surface area contributed by atoms with Gasteiger partial charge in [-0.2, -0.15) is 0 Å². The van der Waals surface area contributed by atoms with Crippen molar-refractivity contribution in [1.82, 2.24) is 10.9 Å². The summed E-state index contributed by atoms with van der Waals surface area (Å²) < 4.78 is 0. The molecule has 88 valence electrons. The van der Waals surface area contributed by atoms with Gasteiger partial charge in [0, 0.05) is 7.05 Å². The fourth-order valence-electron chi connectivity index (χ4n) is 1.63. The smallest absolute Gasteiger partial charge is 0.238 e. The van der Waals surface area contributed by atoms with Crippen molar-refractivity contribution in [2.24, 2.45) is 5.92 Å². The van der Waals surface area contributed by atoms with Crippen molar-refractivity contribution in [1.29, 1.82) is 0 Å². The third-order valence-corrected chi connectivity index (χ3v) is 2.30. The summed E-state index contributed by atoms with van der Waals surface area (Å²) in [7, 11) is 1.68. The zero-order chi connectivity index (χ0) is 12.0. The zero-order valence-electron chi connectivity index (χ0n) is 10.2. The number of hydrazine groups is 1. The van der Waals surface area contributed by atoms with E-state index in [9.17, 15) is 4.79 Å². The van der Waals surface area contributed by atoms with Gasteiger partial charge in [0.05, 0.1) is 6.42 Å². The van der Waals surface area contributed by atoms with Crippen molar-refractivity contribution >= 4 is 5.91 Å². The highest BCUT2D eigenvalue weighted by molar-refractivity contribution is 5.77. The SMILES string of the molecule is CNNC(=O)Cc1ccc(CC(C)C)cc1. The first-order valence-electron chi connectivity index (χ1n) is 5.65. The van der Waals surface area contributed by atoms with Crippen LogP contribution in [0.5, 0.6) is 0 Å². The molecule has 1 amide bonds. The molecule has 3 nitrogen and oxygen atoms in total. The van der Waals surface area contributed by atoms with Crippen LogP contribution in [-0.4, -0.2) is 13.0 Å². The minimum atomic E-state index is -0.0147. The van der Waals surface area contributed by atoms with E-state index in [1.165, 1.54) is 5.56 Å². The number of amides is 1. The van der Waals surface area contributed by atoms with Crippen LogP contribution < -0.4 is 10.9 Å². The molecule has 3 heteroatoms. The van der Waals surface area contributed by atoms with Crippen molar-refractivity contribution in [3.05, 3.63) is 35.4 Å². The molecule has 0 saturated carbocycles. The highest BCUT2D eigenvalue weighted by Crippen LogP contribution is 2.10. The number of hydrogen-bond acceptors (Lipinski definition) is 2. The average molecular weight is 220 g/mol. The van der Waals surface area contributed by atoms with Gasteiger partial charge in [0.2, 0.25) is 5.91 Å². The number of hydrogen-bond donors (Lipinski definition) is 2. The molecule has 0 heterocycles. The molecule has 0 unspecified atom stereocenters. The molecule has 0 aromatic heterocycles. The van der Waals surface area contributed by atoms with Gasteiger partial charge in [0.1, 0.15) is 0 Å². The van der Waals surface area contributed by atoms with E-state index in [1.54, 1.807) is 7.05 Å². The van der Waals surface area contributed by atoms with Gasteiger partial charge in [-0.1, -0.05) is 38.1 Å². The van der Waals surface area contributed by atoms with E-state index in [-0.39, 0.29) is 5.91 Å². The van der Waals surface area contributed by atoms with E-state index in [1.807, 2.05) is 12.1 Å². The summed E-state index contributed by atoms with van der Waals surface area (Å²) in [5.41, 5.74) is 7.55. The van der Waals surface area contributed by atoms with E-state index in [2.05, 4.69) is 36.8 Å². The molecule has 1 aromatic rings. The monoisotopic (exact) mass is 220 g/mol. The van der Waals surface area contributed by atoms with Crippen LogP contribution >= 0.6 is 0 Å². The Morgan fingerprint density at radius 2 is 1.75 bits per heavy atom. The van der Waals surface area contributed by atoms with Crippen molar-refractivity contribution in [3.8, 4) is 0 Å². The Hall–Kier alpha value is -1.35. The predicted octanol–water partition coefficient (Wildman–Crippen LogP) is 1.68. The summed E-state index contributed by atoms with van der Waals surface area (Å²) in [5, 5.41) is 0. The van der Waals surface area contributed by atoms with Crippen molar-refractivity contribution in [2.45, 2.75) is 26.7 Å². The quantitative estimate of drug-likeness (QED) is 0.741. The third-order valence-electron chi connectivity index (χ3n) is 2.30. The second-order valence-corrected chi connectivity index (χ2v) is 4.39. The molecule has 1 rings (SSSR count). The fraction of sp³-hybridized carbons (Fsp3) is 0.462. The molecule has 0 aliphatic rings. The molecule has 0 fully saturated rings. The molecule has 1 aromatic carbocycles. The highest BCUT2D eigenvalue weighted by atomic mass is 16.2. The summed E-state index contributed by atoms with van der Waals surface area (Å²) in [5.74, 6) is 0.651. The standard InChI is InChI=1S/C13H20N2O/c1-10(2)8-11-4-6-12(7-5-11)9-13(16)15-14-3/h4-7,10,14H,8-9H2,1-3H3,(H,15,16). The van der Waals surface area contributed by atoms with Crippen LogP contribution in [0.2, 0.25) is 0 Å². The van der Waals surface area contributed by atoms with Gasteiger partial charge in [-0.15, -0.1) is 0 Å². The van der Waals surface area contributed by atoms with Gasteiger partial charge in [0.25, 0.3) is 0 Å². The number of benzene rings is 1. The molecule has 2 N–H and O–H groups in total. The van der Waals surface area contributed by atoms with Crippen LogP contribution in [0.25, 0.3) is 0 Å². The van der Waals surface area contributed by atoms with E-state index in [4.69, 9.17) is 0 Å². The van der Waals surface area contributed by atoms with Gasteiger partial charge in [-0.3, -0.25) is 10.2 Å². The number of carbonyl (C=O) groups excluding carboxylic acids is 1. The van der Waals surface area contributed by atoms with Crippen molar-refractivity contribution in [2.75, 3.05) is 7.05 Å². The van der Waals surface area contributed by atoms with E-state index in [0.717, 1.165) is 12.0 Å². The summed E-state index contributed by atoms with van der Waals surface area (Å²) in [6.07, 6.45) is 1.51. The molecule has 0 radical (unpaired) electrons. The second kappa shape index (κ2) is 6.28. The summed E-state index contributed by atoms with van der Waals surface area (Å²) >= 11 is 0. The Labute approximate surface area is 97.2 Å². The summed E-state index contributed by atoms with van der Waals surface area (Å²) in [6.45, 7) is 4.41. The minimum absolute atomic E-state index is 0.0147. The Morgan fingerprint density at radius 1 is 1.19 bits per heavy atom. The Kier molecular flexibility index (Phi) is 4.99. The first kappa shape index (κ1) is 12.7. The Balaban J connectivity index is 2.54. The lowest BCUT2D eigenvalue weighted by molar-refractivity contribution is -0.121. The third kappa shape index (κ3) is 4.45. The van der Waals surface area contributed by atoms with E-state index in [0.29, 0.717) is 12.3 Å². The molecular formula is C13H20N2O. The van der Waals surface area contributed by atoms with Crippen molar-refractivity contribution < 1.29 is 4.79 Å². The largest absolute Gasteiger partial charge is 0.292 e. The van der Waals surface area contributed by atoms with E-state index >= 15 is 0 Å². The molecule has 0 spiro atoms. The van der Waals surface area contributed by atoms with Gasteiger partial charge in [-0.25, -0.2) is 5.43 Å². The predicted molar refractivity (Wildman–Crippen MR) is 65.9 cm³/mol. The number of nitrogens with one attached hydrogen (secondary N) is 2. The van der Waals surface area contributed by atoms with Crippen LogP contribution in [0, 0.1) is 5.92 Å². The lowest BCUT2D eigenvalue weighted by atomic mass is 10.0. The van der Waals surface area contributed by atoms with Crippen LogP contribution in [-0.2, 0) is 17.6 Å². The molecule has 0 aliphatic heterocycles. The Morgan fingerprint density at radius 3 is 2.25 bits per heavy atom. The number of rotatable bonds is 5. The topological polar surface area (TPSA) is 41.1 Å². The molecule has 0 bridgehead atoms. The maximum Gasteiger partial charge on any atom is 0.238 e. The zero-order valence-corrected chi connectivity index (χ0v) is 10.2. The fourth-order valence-corrected chi connectivity index (χ4v) is 1.63. The van der Waals surface area contributed by atoms with Crippen LogP contribution in [0.3, 0.4) is 0 Å². The van der Waals surface area contributed by atoms with Crippen LogP contribution in [0.4, 0.5) is 0 Å². The number of carbonyl (C=O) groups is 1. The first-order chi connectivity index (χ1) is 7.61. The second-order valence-electron chi connectivity index (χ2n) is 4.39. The minimum Gasteiger partial charge on any atom is -0.292 e. The molecule has 16 heavy (non-hydrogen) atoms.